The predicted molar refractivity (Wildman–Crippen MR) is 77.7 cm³/mol. The standard InChI is InChI=1S/C16H22N2/c1-3-14-7-6-9-16(12-14)18-13(2)11-15-8-4-5-10-17-15/h1,6-7,9,12-13,15,17-18H,4-5,8,10-11H2,2H3. The number of terminal acetylenes is 1. The fourth-order valence-electron chi connectivity index (χ4n) is 2.59. The molecule has 1 saturated heterocycles. The molecule has 0 radical (unpaired) electrons. The van der Waals surface area contributed by atoms with Crippen LogP contribution in [0.3, 0.4) is 0 Å². The van der Waals surface area contributed by atoms with Crippen molar-refractivity contribution in [1.29, 1.82) is 0 Å². The molecule has 2 unspecified atom stereocenters. The molecule has 1 aromatic carbocycles. The van der Waals surface area contributed by atoms with Gasteiger partial charge in [0.1, 0.15) is 0 Å². The van der Waals surface area contributed by atoms with Gasteiger partial charge in [-0.05, 0) is 50.9 Å². The molecule has 2 rings (SSSR count). The zero-order valence-electron chi connectivity index (χ0n) is 11.1. The third-order valence-corrected chi connectivity index (χ3v) is 3.49. The molecule has 2 nitrogen and oxygen atoms in total. The van der Waals surface area contributed by atoms with Crippen LogP contribution in [-0.4, -0.2) is 18.6 Å². The second-order valence-electron chi connectivity index (χ2n) is 5.15. The van der Waals surface area contributed by atoms with Gasteiger partial charge in [0.2, 0.25) is 0 Å². The Morgan fingerprint density at radius 2 is 2.39 bits per heavy atom. The van der Waals surface area contributed by atoms with Crippen LogP contribution in [0, 0.1) is 12.3 Å². The fourth-order valence-corrected chi connectivity index (χ4v) is 2.59. The highest BCUT2D eigenvalue weighted by Crippen LogP contribution is 2.16. The van der Waals surface area contributed by atoms with Crippen LogP contribution < -0.4 is 10.6 Å². The number of hydrogen-bond donors (Lipinski definition) is 2. The van der Waals surface area contributed by atoms with Crippen LogP contribution in [-0.2, 0) is 0 Å². The summed E-state index contributed by atoms with van der Waals surface area (Å²) in [6.45, 7) is 3.41. The molecule has 1 aliphatic heterocycles. The largest absolute Gasteiger partial charge is 0.382 e. The van der Waals surface area contributed by atoms with Crippen molar-refractivity contribution in [2.45, 2.75) is 44.7 Å². The molecular weight excluding hydrogens is 220 g/mol. The van der Waals surface area contributed by atoms with E-state index in [1.807, 2.05) is 18.2 Å². The van der Waals surface area contributed by atoms with Gasteiger partial charge in [-0.2, -0.15) is 0 Å². The van der Waals surface area contributed by atoms with Crippen LogP contribution in [0.25, 0.3) is 0 Å². The molecule has 0 bridgehead atoms. The van der Waals surface area contributed by atoms with Gasteiger partial charge in [-0.1, -0.05) is 18.4 Å². The third kappa shape index (κ3) is 3.78. The molecule has 1 fully saturated rings. The van der Waals surface area contributed by atoms with Gasteiger partial charge in [-0.15, -0.1) is 6.42 Å². The topological polar surface area (TPSA) is 24.1 Å². The SMILES string of the molecule is C#Cc1cccc(NC(C)CC2CCCCN2)c1. The number of benzene rings is 1. The van der Waals surface area contributed by atoms with Gasteiger partial charge in [0.15, 0.2) is 0 Å². The molecule has 2 N–H and O–H groups in total. The van der Waals surface area contributed by atoms with Crippen molar-refractivity contribution in [3.63, 3.8) is 0 Å². The number of piperidine rings is 1. The zero-order chi connectivity index (χ0) is 12.8. The van der Waals surface area contributed by atoms with Crippen LogP contribution >= 0.6 is 0 Å². The maximum absolute atomic E-state index is 5.41. The van der Waals surface area contributed by atoms with Crippen LogP contribution in [0.1, 0.15) is 38.2 Å². The number of anilines is 1. The van der Waals surface area contributed by atoms with Crippen molar-refractivity contribution in [3.05, 3.63) is 29.8 Å². The summed E-state index contributed by atoms with van der Waals surface area (Å²) in [6, 6.07) is 9.20. The van der Waals surface area contributed by atoms with Crippen molar-refractivity contribution < 1.29 is 0 Å². The van der Waals surface area contributed by atoms with E-state index in [0.29, 0.717) is 12.1 Å². The lowest BCUT2D eigenvalue weighted by Crippen LogP contribution is -2.37. The molecule has 1 aliphatic rings. The van der Waals surface area contributed by atoms with Gasteiger partial charge >= 0.3 is 0 Å². The molecule has 1 aromatic rings. The Morgan fingerprint density at radius 3 is 3.11 bits per heavy atom. The highest BCUT2D eigenvalue weighted by molar-refractivity contribution is 5.50. The lowest BCUT2D eigenvalue weighted by atomic mass is 9.98. The molecule has 0 saturated carbocycles. The van der Waals surface area contributed by atoms with E-state index in [2.05, 4.69) is 29.5 Å². The van der Waals surface area contributed by atoms with Crippen LogP contribution in [0.4, 0.5) is 5.69 Å². The first-order valence-electron chi connectivity index (χ1n) is 6.84. The molecule has 0 spiro atoms. The monoisotopic (exact) mass is 242 g/mol. The molecule has 2 atom stereocenters. The summed E-state index contributed by atoms with van der Waals surface area (Å²) in [7, 11) is 0. The number of rotatable bonds is 4. The Kier molecular flexibility index (Phi) is 4.66. The molecule has 0 aromatic heterocycles. The smallest absolute Gasteiger partial charge is 0.0354 e. The van der Waals surface area contributed by atoms with E-state index in [4.69, 9.17) is 6.42 Å². The van der Waals surface area contributed by atoms with E-state index >= 15 is 0 Å². The Labute approximate surface area is 110 Å². The Bertz CT molecular complexity index is 413. The number of nitrogens with one attached hydrogen (secondary N) is 2. The van der Waals surface area contributed by atoms with Crippen LogP contribution in [0.2, 0.25) is 0 Å². The summed E-state index contributed by atoms with van der Waals surface area (Å²) in [6.07, 6.45) is 10.6. The van der Waals surface area contributed by atoms with Crippen molar-refractivity contribution in [2.24, 2.45) is 0 Å². The van der Waals surface area contributed by atoms with Crippen molar-refractivity contribution in [3.8, 4) is 12.3 Å². The van der Waals surface area contributed by atoms with Gasteiger partial charge in [-0.3, -0.25) is 0 Å². The number of hydrogen-bond acceptors (Lipinski definition) is 2. The Balaban J connectivity index is 1.86. The molecule has 0 amide bonds. The summed E-state index contributed by atoms with van der Waals surface area (Å²) in [5.74, 6) is 2.67. The molecule has 1 heterocycles. The molecule has 2 heteroatoms. The average Bonchev–Trinajstić information content (AvgIpc) is 2.40. The van der Waals surface area contributed by atoms with E-state index in [9.17, 15) is 0 Å². The highest BCUT2D eigenvalue weighted by Gasteiger charge is 2.15. The van der Waals surface area contributed by atoms with Gasteiger partial charge in [0, 0.05) is 23.3 Å². The minimum Gasteiger partial charge on any atom is -0.382 e. The second kappa shape index (κ2) is 6.47. The van der Waals surface area contributed by atoms with Crippen LogP contribution in [0.15, 0.2) is 24.3 Å². The van der Waals surface area contributed by atoms with Gasteiger partial charge in [-0.25, -0.2) is 0 Å². The minimum atomic E-state index is 0.466. The summed E-state index contributed by atoms with van der Waals surface area (Å²) >= 11 is 0. The van der Waals surface area contributed by atoms with Gasteiger partial charge < -0.3 is 10.6 Å². The minimum absolute atomic E-state index is 0.466. The summed E-state index contributed by atoms with van der Waals surface area (Å²) in [4.78, 5) is 0. The van der Waals surface area contributed by atoms with Gasteiger partial charge in [0.25, 0.3) is 0 Å². The molecule has 18 heavy (non-hydrogen) atoms. The first-order valence-corrected chi connectivity index (χ1v) is 6.84. The van der Waals surface area contributed by atoms with Crippen LogP contribution in [0.5, 0.6) is 0 Å². The van der Waals surface area contributed by atoms with E-state index in [-0.39, 0.29) is 0 Å². The molecular formula is C16H22N2. The summed E-state index contributed by atoms with van der Waals surface area (Å²) < 4.78 is 0. The van der Waals surface area contributed by atoms with E-state index in [1.54, 1.807) is 0 Å². The molecule has 96 valence electrons. The first kappa shape index (κ1) is 13.0. The third-order valence-electron chi connectivity index (χ3n) is 3.49. The maximum Gasteiger partial charge on any atom is 0.0354 e. The summed E-state index contributed by atoms with van der Waals surface area (Å²) in [5, 5.41) is 7.11. The maximum atomic E-state index is 5.41. The van der Waals surface area contributed by atoms with Crippen molar-refractivity contribution in [1.82, 2.24) is 5.32 Å². The first-order chi connectivity index (χ1) is 8.78. The zero-order valence-corrected chi connectivity index (χ0v) is 11.1. The molecule has 0 aliphatic carbocycles. The van der Waals surface area contributed by atoms with Gasteiger partial charge in [0.05, 0.1) is 0 Å². The Hall–Kier alpha value is -1.46. The van der Waals surface area contributed by atoms with E-state index < -0.39 is 0 Å². The Morgan fingerprint density at radius 1 is 1.50 bits per heavy atom. The lowest BCUT2D eigenvalue weighted by Gasteiger charge is -2.27. The average molecular weight is 242 g/mol. The lowest BCUT2D eigenvalue weighted by molar-refractivity contribution is 0.371. The van der Waals surface area contributed by atoms with E-state index in [0.717, 1.165) is 11.3 Å². The van der Waals surface area contributed by atoms with Crippen molar-refractivity contribution >= 4 is 5.69 Å². The fraction of sp³-hybridized carbons (Fsp3) is 0.500. The second-order valence-corrected chi connectivity index (χ2v) is 5.15. The predicted octanol–water partition coefficient (Wildman–Crippen LogP) is 3.00. The quantitative estimate of drug-likeness (QED) is 0.793. The van der Waals surface area contributed by atoms with Crippen molar-refractivity contribution in [2.75, 3.05) is 11.9 Å². The van der Waals surface area contributed by atoms with E-state index in [1.165, 1.54) is 32.2 Å². The summed E-state index contributed by atoms with van der Waals surface area (Å²) in [5.41, 5.74) is 2.05. The highest BCUT2D eigenvalue weighted by atomic mass is 15.0. The normalized spacial score (nSPS) is 21.0.